The highest BCUT2D eigenvalue weighted by molar-refractivity contribution is 6.31. The van der Waals surface area contributed by atoms with Gasteiger partial charge in [-0.3, -0.25) is 4.68 Å². The molecule has 1 heterocycles. The van der Waals surface area contributed by atoms with Gasteiger partial charge in [0.05, 0.1) is 29.6 Å². The molecule has 0 fully saturated rings. The van der Waals surface area contributed by atoms with Gasteiger partial charge in [0.2, 0.25) is 0 Å². The minimum absolute atomic E-state index is 0.421. The lowest BCUT2D eigenvalue weighted by Gasteiger charge is -2.13. The van der Waals surface area contributed by atoms with Gasteiger partial charge in [-0.05, 0) is 24.5 Å². The van der Waals surface area contributed by atoms with Crippen LogP contribution in [0.2, 0.25) is 5.02 Å². The molecule has 0 aliphatic carbocycles. The topological polar surface area (TPSA) is 38.0 Å². The van der Waals surface area contributed by atoms with Crippen LogP contribution in [0.4, 0.5) is 0 Å². The molecule has 0 amide bonds. The third-order valence-electron chi connectivity index (χ3n) is 3.16. The van der Waals surface area contributed by atoms with Gasteiger partial charge in [0.1, 0.15) is 0 Å². The Morgan fingerprint density at radius 3 is 2.50 bits per heavy atom. The molecule has 1 aromatic heterocycles. The van der Waals surface area contributed by atoms with Crippen LogP contribution in [0.15, 0.2) is 30.5 Å². The maximum absolute atomic E-state index is 10.2. The number of aliphatic hydroxyl groups excluding tert-OH is 1. The largest absolute Gasteiger partial charge is 0.386 e. The highest BCUT2D eigenvalue weighted by Crippen LogP contribution is 2.19. The molecule has 1 unspecified atom stereocenters. The molecule has 0 aliphatic rings. The summed E-state index contributed by atoms with van der Waals surface area (Å²) in [5.74, 6) is 0. The molecule has 0 saturated carbocycles. The van der Waals surface area contributed by atoms with Gasteiger partial charge in [0.15, 0.2) is 0 Å². The molecule has 4 heteroatoms. The van der Waals surface area contributed by atoms with E-state index in [-0.39, 0.29) is 0 Å². The van der Waals surface area contributed by atoms with E-state index in [4.69, 9.17) is 11.6 Å². The summed E-state index contributed by atoms with van der Waals surface area (Å²) in [4.78, 5) is 0. The zero-order valence-corrected chi connectivity index (χ0v) is 11.4. The molecular weight excluding hydrogens is 248 g/mol. The molecule has 1 N–H and O–H groups in total. The predicted molar refractivity (Wildman–Crippen MR) is 72.8 cm³/mol. The van der Waals surface area contributed by atoms with Crippen molar-refractivity contribution in [3.05, 3.63) is 52.3 Å². The molecule has 0 spiro atoms. The average Bonchev–Trinajstić information content (AvgIpc) is 2.71. The smallest absolute Gasteiger partial charge is 0.0986 e. The van der Waals surface area contributed by atoms with Crippen molar-refractivity contribution in [3.8, 4) is 0 Å². The summed E-state index contributed by atoms with van der Waals surface area (Å²) in [6, 6.07) is 8.01. The van der Waals surface area contributed by atoms with Crippen molar-refractivity contribution in [2.45, 2.75) is 32.9 Å². The van der Waals surface area contributed by atoms with Crippen molar-refractivity contribution in [2.75, 3.05) is 0 Å². The number of aliphatic hydroxyl groups is 1. The SMILES string of the molecule is CCc1ccc(C(O)Cn2ncc(Cl)c2C)cc1. The second kappa shape index (κ2) is 5.55. The fraction of sp³-hybridized carbons (Fsp3) is 0.357. The Morgan fingerprint density at radius 1 is 1.33 bits per heavy atom. The Balaban J connectivity index is 2.11. The summed E-state index contributed by atoms with van der Waals surface area (Å²) in [5, 5.41) is 14.9. The van der Waals surface area contributed by atoms with Crippen molar-refractivity contribution in [1.29, 1.82) is 0 Å². The molecule has 1 atom stereocenters. The molecule has 0 radical (unpaired) electrons. The first-order valence-corrected chi connectivity index (χ1v) is 6.44. The zero-order chi connectivity index (χ0) is 13.1. The molecule has 0 aliphatic heterocycles. The standard InChI is InChI=1S/C14H17ClN2O/c1-3-11-4-6-12(7-5-11)14(18)9-17-10(2)13(15)8-16-17/h4-8,14,18H,3,9H2,1-2H3. The first-order valence-electron chi connectivity index (χ1n) is 6.06. The number of aryl methyl sites for hydroxylation is 1. The Labute approximate surface area is 112 Å². The molecule has 2 aromatic rings. The average molecular weight is 265 g/mol. The number of hydrogen-bond acceptors (Lipinski definition) is 2. The summed E-state index contributed by atoms with van der Waals surface area (Å²) < 4.78 is 1.72. The maximum Gasteiger partial charge on any atom is 0.0986 e. The normalized spacial score (nSPS) is 12.7. The summed E-state index contributed by atoms with van der Waals surface area (Å²) in [7, 11) is 0. The van der Waals surface area contributed by atoms with E-state index in [9.17, 15) is 5.11 Å². The van der Waals surface area contributed by atoms with Crippen LogP contribution in [-0.2, 0) is 13.0 Å². The molecule has 96 valence electrons. The fourth-order valence-corrected chi connectivity index (χ4v) is 1.99. The van der Waals surface area contributed by atoms with E-state index in [1.807, 2.05) is 31.2 Å². The van der Waals surface area contributed by atoms with Crippen LogP contribution < -0.4 is 0 Å². The van der Waals surface area contributed by atoms with Gasteiger partial charge in [-0.1, -0.05) is 42.8 Å². The van der Waals surface area contributed by atoms with Gasteiger partial charge >= 0.3 is 0 Å². The van der Waals surface area contributed by atoms with E-state index in [0.29, 0.717) is 11.6 Å². The number of hydrogen-bond donors (Lipinski definition) is 1. The van der Waals surface area contributed by atoms with Gasteiger partial charge in [0, 0.05) is 0 Å². The Hall–Kier alpha value is -1.32. The van der Waals surface area contributed by atoms with E-state index in [0.717, 1.165) is 17.7 Å². The highest BCUT2D eigenvalue weighted by atomic mass is 35.5. The molecule has 1 aromatic carbocycles. The molecule has 18 heavy (non-hydrogen) atoms. The second-order valence-electron chi connectivity index (χ2n) is 4.37. The van der Waals surface area contributed by atoms with Crippen LogP contribution >= 0.6 is 11.6 Å². The summed E-state index contributed by atoms with van der Waals surface area (Å²) in [6.07, 6.45) is 2.04. The van der Waals surface area contributed by atoms with Crippen LogP contribution in [0, 0.1) is 6.92 Å². The van der Waals surface area contributed by atoms with Crippen LogP contribution in [-0.4, -0.2) is 14.9 Å². The lowest BCUT2D eigenvalue weighted by Crippen LogP contribution is -2.11. The zero-order valence-electron chi connectivity index (χ0n) is 10.6. The van der Waals surface area contributed by atoms with E-state index >= 15 is 0 Å². The Morgan fingerprint density at radius 2 is 2.00 bits per heavy atom. The molecule has 3 nitrogen and oxygen atoms in total. The van der Waals surface area contributed by atoms with Crippen molar-refractivity contribution in [1.82, 2.24) is 9.78 Å². The Bertz CT molecular complexity index is 519. The molecule has 2 rings (SSSR count). The minimum atomic E-state index is -0.564. The van der Waals surface area contributed by atoms with E-state index in [1.165, 1.54) is 5.56 Å². The monoisotopic (exact) mass is 264 g/mol. The summed E-state index contributed by atoms with van der Waals surface area (Å²) in [5.41, 5.74) is 3.04. The fourth-order valence-electron chi connectivity index (χ4n) is 1.85. The van der Waals surface area contributed by atoms with Crippen molar-refractivity contribution >= 4 is 11.6 Å². The quantitative estimate of drug-likeness (QED) is 0.921. The van der Waals surface area contributed by atoms with Crippen molar-refractivity contribution < 1.29 is 5.11 Å². The maximum atomic E-state index is 10.2. The predicted octanol–water partition coefficient (Wildman–Crippen LogP) is 3.14. The first-order chi connectivity index (χ1) is 8.61. The lowest BCUT2D eigenvalue weighted by molar-refractivity contribution is 0.150. The third-order valence-corrected chi connectivity index (χ3v) is 3.53. The number of halogens is 1. The summed E-state index contributed by atoms with van der Waals surface area (Å²) >= 11 is 5.93. The van der Waals surface area contributed by atoms with E-state index in [2.05, 4.69) is 12.0 Å². The minimum Gasteiger partial charge on any atom is -0.386 e. The van der Waals surface area contributed by atoms with Gasteiger partial charge in [-0.25, -0.2) is 0 Å². The van der Waals surface area contributed by atoms with Crippen molar-refractivity contribution in [3.63, 3.8) is 0 Å². The van der Waals surface area contributed by atoms with E-state index < -0.39 is 6.10 Å². The van der Waals surface area contributed by atoms with Crippen LogP contribution in [0.3, 0.4) is 0 Å². The number of rotatable bonds is 4. The lowest BCUT2D eigenvalue weighted by atomic mass is 10.1. The first kappa shape index (κ1) is 13.1. The number of nitrogens with zero attached hydrogens (tertiary/aromatic N) is 2. The second-order valence-corrected chi connectivity index (χ2v) is 4.78. The number of aromatic nitrogens is 2. The third kappa shape index (κ3) is 2.74. The van der Waals surface area contributed by atoms with Gasteiger partial charge in [-0.2, -0.15) is 5.10 Å². The molecule has 0 saturated heterocycles. The van der Waals surface area contributed by atoms with Gasteiger partial charge < -0.3 is 5.11 Å². The molecule has 0 bridgehead atoms. The van der Waals surface area contributed by atoms with Crippen LogP contribution in [0.1, 0.15) is 29.8 Å². The van der Waals surface area contributed by atoms with Gasteiger partial charge in [0.25, 0.3) is 0 Å². The number of benzene rings is 1. The van der Waals surface area contributed by atoms with Crippen molar-refractivity contribution in [2.24, 2.45) is 0 Å². The molecular formula is C14H17ClN2O. The van der Waals surface area contributed by atoms with E-state index in [1.54, 1.807) is 10.9 Å². The Kier molecular flexibility index (Phi) is 4.04. The van der Waals surface area contributed by atoms with Crippen LogP contribution in [0.5, 0.6) is 0 Å². The highest BCUT2D eigenvalue weighted by Gasteiger charge is 2.11. The van der Waals surface area contributed by atoms with Gasteiger partial charge in [-0.15, -0.1) is 0 Å². The van der Waals surface area contributed by atoms with Crippen LogP contribution in [0.25, 0.3) is 0 Å². The summed E-state index contributed by atoms with van der Waals surface area (Å²) in [6.45, 7) is 4.42.